The zero-order valence-electron chi connectivity index (χ0n) is 24.7. The molecule has 0 saturated carbocycles. The van der Waals surface area contributed by atoms with Gasteiger partial charge in [-0.15, -0.1) is 11.6 Å². The van der Waals surface area contributed by atoms with Crippen molar-refractivity contribution in [2.45, 2.75) is 36.2 Å². The van der Waals surface area contributed by atoms with Crippen LogP contribution in [0.5, 0.6) is 0 Å². The third-order valence-corrected chi connectivity index (χ3v) is 9.94. The summed E-state index contributed by atoms with van der Waals surface area (Å²) < 4.78 is 0. The summed E-state index contributed by atoms with van der Waals surface area (Å²) in [6, 6.07) is 53.6. The molecule has 0 unspecified atom stereocenters. The van der Waals surface area contributed by atoms with Gasteiger partial charge in [0.15, 0.2) is 0 Å². The van der Waals surface area contributed by atoms with Crippen molar-refractivity contribution in [3.8, 4) is 0 Å². The number of alkyl halides is 1. The van der Waals surface area contributed by atoms with Crippen molar-refractivity contribution >= 4 is 11.6 Å². The largest absolute Gasteiger partial charge is 0.376 e. The summed E-state index contributed by atoms with van der Waals surface area (Å²) in [6.45, 7) is 0. The number of aryl methyl sites for hydroxylation is 4. The third kappa shape index (κ3) is 5.07. The molecular weight excluding hydrogens is 556 g/mol. The van der Waals surface area contributed by atoms with E-state index in [0.717, 1.165) is 46.2 Å². The first kappa shape index (κ1) is 28.3. The van der Waals surface area contributed by atoms with Crippen LogP contribution < -0.4 is 0 Å². The highest BCUT2D eigenvalue weighted by Gasteiger charge is 2.36. The molecule has 2 heteroatoms. The molecule has 1 N–H and O–H groups in total. The molecule has 216 valence electrons. The van der Waals surface area contributed by atoms with E-state index in [-0.39, 0.29) is 0 Å². The number of benzene rings is 6. The van der Waals surface area contributed by atoms with Crippen molar-refractivity contribution in [3.05, 3.63) is 213 Å². The van der Waals surface area contributed by atoms with E-state index in [1.165, 1.54) is 35.1 Å². The number of hydrogen-bond donors (Lipinski definition) is 1. The van der Waals surface area contributed by atoms with Crippen LogP contribution in [0.4, 0.5) is 0 Å². The van der Waals surface area contributed by atoms with Gasteiger partial charge in [0.2, 0.25) is 0 Å². The zero-order valence-corrected chi connectivity index (χ0v) is 25.4. The SMILES string of the molecule is ClC(c1ccccc1)(c1ccccc1)c1ccc2c(c1)CC2.OC(c1ccccc1)(c1ccccc1)c1ccc2c(c1)CC2. The molecule has 6 aromatic carbocycles. The van der Waals surface area contributed by atoms with E-state index >= 15 is 0 Å². The molecule has 0 aromatic heterocycles. The lowest BCUT2D eigenvalue weighted by Crippen LogP contribution is -2.29. The van der Waals surface area contributed by atoms with Crippen LogP contribution in [-0.4, -0.2) is 5.11 Å². The highest BCUT2D eigenvalue weighted by atomic mass is 35.5. The Labute approximate surface area is 265 Å². The first-order valence-electron chi connectivity index (χ1n) is 15.4. The second-order valence-corrected chi connectivity index (χ2v) is 12.4. The van der Waals surface area contributed by atoms with E-state index in [1.54, 1.807) is 0 Å². The fourth-order valence-corrected chi connectivity index (χ4v) is 6.89. The summed E-state index contributed by atoms with van der Waals surface area (Å²) >= 11 is 7.26. The van der Waals surface area contributed by atoms with Crippen molar-refractivity contribution in [3.63, 3.8) is 0 Å². The summed E-state index contributed by atoms with van der Waals surface area (Å²) in [7, 11) is 0. The summed E-state index contributed by atoms with van der Waals surface area (Å²) in [5, 5.41) is 11.7. The average Bonchev–Trinajstić information content (AvgIpc) is 3.07. The Morgan fingerprint density at radius 3 is 1.07 bits per heavy atom. The lowest BCUT2D eigenvalue weighted by atomic mass is 9.77. The van der Waals surface area contributed by atoms with Gasteiger partial charge in [-0.2, -0.15) is 0 Å². The van der Waals surface area contributed by atoms with Gasteiger partial charge in [-0.25, -0.2) is 0 Å². The van der Waals surface area contributed by atoms with Gasteiger partial charge in [0.05, 0.1) is 0 Å². The molecule has 2 aliphatic carbocycles. The lowest BCUT2D eigenvalue weighted by molar-refractivity contribution is 0.125. The molecule has 0 atom stereocenters. The highest BCUT2D eigenvalue weighted by molar-refractivity contribution is 6.28. The smallest absolute Gasteiger partial charge is 0.140 e. The van der Waals surface area contributed by atoms with Gasteiger partial charge in [-0.3, -0.25) is 0 Å². The molecule has 0 heterocycles. The molecule has 0 bridgehead atoms. The van der Waals surface area contributed by atoms with E-state index in [2.05, 4.69) is 84.9 Å². The fourth-order valence-electron chi connectivity index (χ4n) is 6.52. The summed E-state index contributed by atoms with van der Waals surface area (Å²) in [4.78, 5) is -0.632. The topological polar surface area (TPSA) is 20.2 Å². The van der Waals surface area contributed by atoms with E-state index in [0.29, 0.717) is 0 Å². The maximum Gasteiger partial charge on any atom is 0.140 e. The van der Waals surface area contributed by atoms with Crippen molar-refractivity contribution in [2.24, 2.45) is 0 Å². The minimum Gasteiger partial charge on any atom is -0.376 e. The Balaban J connectivity index is 0.000000142. The van der Waals surface area contributed by atoms with Crippen LogP contribution in [0.3, 0.4) is 0 Å². The van der Waals surface area contributed by atoms with Gasteiger partial charge in [-0.05, 0) is 81.3 Å². The van der Waals surface area contributed by atoms with Crippen molar-refractivity contribution in [1.82, 2.24) is 0 Å². The molecule has 44 heavy (non-hydrogen) atoms. The first-order valence-corrected chi connectivity index (χ1v) is 15.8. The maximum atomic E-state index is 11.7. The van der Waals surface area contributed by atoms with Crippen LogP contribution in [0.15, 0.2) is 158 Å². The molecule has 6 aromatic rings. The Morgan fingerprint density at radius 1 is 0.364 bits per heavy atom. The predicted molar refractivity (Wildman–Crippen MR) is 181 cm³/mol. The summed E-state index contributed by atoms with van der Waals surface area (Å²) in [5.74, 6) is 0. The van der Waals surface area contributed by atoms with Gasteiger partial charge < -0.3 is 5.11 Å². The first-order chi connectivity index (χ1) is 21.6. The lowest BCUT2D eigenvalue weighted by Gasteiger charge is -2.32. The third-order valence-electron chi connectivity index (χ3n) is 9.28. The number of fused-ring (bicyclic) bond motifs is 2. The van der Waals surface area contributed by atoms with Crippen LogP contribution in [0, 0.1) is 0 Å². The average molecular weight is 591 g/mol. The Morgan fingerprint density at radius 2 is 0.705 bits per heavy atom. The van der Waals surface area contributed by atoms with Crippen molar-refractivity contribution in [2.75, 3.05) is 0 Å². The van der Waals surface area contributed by atoms with Gasteiger partial charge in [0.25, 0.3) is 0 Å². The van der Waals surface area contributed by atoms with E-state index in [1.807, 2.05) is 72.8 Å². The van der Waals surface area contributed by atoms with Crippen LogP contribution in [0.25, 0.3) is 0 Å². The molecule has 0 aliphatic heterocycles. The number of hydrogen-bond acceptors (Lipinski definition) is 1. The zero-order chi connectivity index (χ0) is 30.0. The van der Waals surface area contributed by atoms with Crippen molar-refractivity contribution in [1.29, 1.82) is 0 Å². The highest BCUT2D eigenvalue weighted by Crippen LogP contribution is 2.44. The quantitative estimate of drug-likeness (QED) is 0.151. The standard InChI is InChI=1S/C21H17Cl.C21H18O/c2*22-21(18-7-3-1-4-8-18,19-9-5-2-6-10-19)20-14-13-16-11-12-17(16)15-20/h1-10,13-15H,11-12H2;1-10,13-15,22H,11-12H2. The molecule has 0 fully saturated rings. The van der Waals surface area contributed by atoms with E-state index in [9.17, 15) is 5.11 Å². The molecule has 0 spiro atoms. The summed E-state index contributed by atoms with van der Waals surface area (Å²) in [6.07, 6.45) is 4.63. The molecule has 0 radical (unpaired) electrons. The predicted octanol–water partition coefficient (Wildman–Crippen LogP) is 9.39. The van der Waals surface area contributed by atoms with Crippen LogP contribution in [0.1, 0.15) is 55.6 Å². The second kappa shape index (κ2) is 11.9. The Bertz CT molecular complexity index is 1640. The second-order valence-electron chi connectivity index (χ2n) is 11.8. The van der Waals surface area contributed by atoms with Gasteiger partial charge in [0, 0.05) is 0 Å². The minimum absolute atomic E-state index is 0.632. The molecule has 0 saturated heterocycles. The monoisotopic (exact) mass is 590 g/mol. The maximum absolute atomic E-state index is 11.7. The molecular formula is C42H35ClO. The minimum atomic E-state index is -1.10. The molecule has 0 amide bonds. The molecule has 2 aliphatic rings. The normalized spacial score (nSPS) is 13.3. The number of aliphatic hydroxyl groups is 1. The summed E-state index contributed by atoms with van der Waals surface area (Å²) in [5.41, 5.74) is 10.7. The Hall–Kier alpha value is -4.43. The van der Waals surface area contributed by atoms with Gasteiger partial charge >= 0.3 is 0 Å². The van der Waals surface area contributed by atoms with E-state index in [4.69, 9.17) is 11.6 Å². The number of halogens is 1. The van der Waals surface area contributed by atoms with E-state index < -0.39 is 10.5 Å². The van der Waals surface area contributed by atoms with Gasteiger partial charge in [0.1, 0.15) is 10.5 Å². The van der Waals surface area contributed by atoms with Crippen LogP contribution in [0.2, 0.25) is 0 Å². The molecule has 8 rings (SSSR count). The van der Waals surface area contributed by atoms with Crippen LogP contribution >= 0.6 is 11.6 Å². The van der Waals surface area contributed by atoms with Gasteiger partial charge in [-0.1, -0.05) is 158 Å². The molecule has 1 nitrogen and oxygen atoms in total. The van der Waals surface area contributed by atoms with Crippen LogP contribution in [-0.2, 0) is 36.2 Å². The van der Waals surface area contributed by atoms with Crippen molar-refractivity contribution < 1.29 is 5.11 Å². The fraction of sp³-hybridized carbons (Fsp3) is 0.143. The Kier molecular flexibility index (Phi) is 7.68. The number of rotatable bonds is 6.